The topological polar surface area (TPSA) is 9.23 Å². The number of ether oxygens (including phenoxy) is 1. The summed E-state index contributed by atoms with van der Waals surface area (Å²) in [6.45, 7) is 13.7. The average molecular weight is 461 g/mol. The van der Waals surface area contributed by atoms with Crippen molar-refractivity contribution in [3.05, 3.63) is 11.6 Å². The van der Waals surface area contributed by atoms with E-state index in [9.17, 15) is 0 Å². The second kappa shape index (κ2) is 10.3. The fourth-order valence-electron chi connectivity index (χ4n) is 9.09. The molecule has 0 aliphatic heterocycles. The molecule has 0 aromatic rings. The Hall–Kier alpha value is 0.0500. The molecule has 0 radical (unpaired) electrons. The Morgan fingerprint density at radius 1 is 1.03 bits per heavy atom. The van der Waals surface area contributed by atoms with Crippen molar-refractivity contribution in [1.82, 2.24) is 0 Å². The van der Waals surface area contributed by atoms with Crippen molar-refractivity contribution in [3.8, 4) is 0 Å². The van der Waals surface area contributed by atoms with E-state index in [-0.39, 0.29) is 0 Å². The zero-order chi connectivity index (χ0) is 22.9. The summed E-state index contributed by atoms with van der Waals surface area (Å²) in [6.07, 6.45) is 20.9. The van der Waals surface area contributed by atoms with Crippen LogP contribution >= 0.6 is 11.8 Å². The normalized spacial score (nSPS) is 42.2. The van der Waals surface area contributed by atoms with Crippen molar-refractivity contribution >= 4 is 11.8 Å². The molecule has 0 amide bonds. The van der Waals surface area contributed by atoms with Crippen molar-refractivity contribution < 1.29 is 4.74 Å². The first kappa shape index (κ1) is 25.2. The van der Waals surface area contributed by atoms with Gasteiger partial charge in [0.1, 0.15) is 0 Å². The molecule has 0 bridgehead atoms. The maximum Gasteiger partial charge on any atom is 0.0613 e. The van der Waals surface area contributed by atoms with E-state index < -0.39 is 0 Å². The number of allylic oxidation sites excluding steroid dienone is 1. The highest BCUT2D eigenvalue weighted by atomic mass is 32.2. The van der Waals surface area contributed by atoms with Crippen LogP contribution in [-0.4, -0.2) is 24.7 Å². The van der Waals surface area contributed by atoms with Gasteiger partial charge in [0, 0.05) is 5.75 Å². The molecule has 0 aromatic carbocycles. The van der Waals surface area contributed by atoms with Gasteiger partial charge < -0.3 is 4.74 Å². The summed E-state index contributed by atoms with van der Waals surface area (Å²) in [7, 11) is 0. The molecule has 0 saturated heterocycles. The van der Waals surface area contributed by atoms with Gasteiger partial charge in [-0.15, -0.1) is 0 Å². The smallest absolute Gasteiger partial charge is 0.0613 e. The lowest BCUT2D eigenvalue weighted by atomic mass is 9.47. The summed E-state index contributed by atoms with van der Waals surface area (Å²) in [6, 6.07) is 0. The van der Waals surface area contributed by atoms with Gasteiger partial charge in [0.25, 0.3) is 0 Å². The SMILES string of the molecule is CSCCO[C@H]1CC[C@@]2(C)C(=CC[C@@H]3C2CC[C@@]2(C)C3CC[C@@H]2C(C)CCCC(C)C)C1. The lowest BCUT2D eigenvalue weighted by Gasteiger charge is -2.58. The molecule has 184 valence electrons. The quantitative estimate of drug-likeness (QED) is 0.251. The predicted molar refractivity (Wildman–Crippen MR) is 141 cm³/mol. The highest BCUT2D eigenvalue weighted by molar-refractivity contribution is 7.98. The fraction of sp³-hybridized carbons (Fsp3) is 0.933. The van der Waals surface area contributed by atoms with Crippen LogP contribution in [-0.2, 0) is 4.74 Å². The van der Waals surface area contributed by atoms with Gasteiger partial charge in [-0.05, 0) is 104 Å². The summed E-state index contributed by atoms with van der Waals surface area (Å²) >= 11 is 1.90. The van der Waals surface area contributed by atoms with Crippen LogP contribution in [0.2, 0.25) is 0 Å². The van der Waals surface area contributed by atoms with Gasteiger partial charge in [-0.2, -0.15) is 11.8 Å². The van der Waals surface area contributed by atoms with Gasteiger partial charge in [0.15, 0.2) is 0 Å². The van der Waals surface area contributed by atoms with Crippen LogP contribution in [0.15, 0.2) is 11.6 Å². The molecule has 0 spiro atoms. The molecule has 32 heavy (non-hydrogen) atoms. The first-order chi connectivity index (χ1) is 15.3. The molecule has 8 atom stereocenters. The molecular formula is C30H52OS. The van der Waals surface area contributed by atoms with Gasteiger partial charge in [-0.1, -0.05) is 65.5 Å². The van der Waals surface area contributed by atoms with Crippen LogP contribution in [0.3, 0.4) is 0 Å². The molecule has 0 aromatic heterocycles. The lowest BCUT2D eigenvalue weighted by Crippen LogP contribution is -2.51. The van der Waals surface area contributed by atoms with E-state index in [1.165, 1.54) is 70.6 Å². The Labute approximate surface area is 204 Å². The van der Waals surface area contributed by atoms with Crippen molar-refractivity contribution in [2.75, 3.05) is 18.6 Å². The Bertz CT molecular complexity index is 655. The van der Waals surface area contributed by atoms with E-state index in [1.54, 1.807) is 5.57 Å². The zero-order valence-corrected chi connectivity index (χ0v) is 22.9. The van der Waals surface area contributed by atoms with Crippen LogP contribution in [0.1, 0.15) is 105 Å². The van der Waals surface area contributed by atoms with E-state index in [1.807, 2.05) is 11.8 Å². The minimum atomic E-state index is 0.463. The summed E-state index contributed by atoms with van der Waals surface area (Å²) in [5.41, 5.74) is 2.85. The van der Waals surface area contributed by atoms with Gasteiger partial charge in [-0.3, -0.25) is 0 Å². The summed E-state index contributed by atoms with van der Waals surface area (Å²) in [4.78, 5) is 0. The molecule has 0 heterocycles. The number of fused-ring (bicyclic) bond motifs is 5. The number of thioether (sulfide) groups is 1. The first-order valence-electron chi connectivity index (χ1n) is 14.1. The molecule has 4 aliphatic carbocycles. The number of hydrogen-bond donors (Lipinski definition) is 0. The second-order valence-electron chi connectivity index (χ2n) is 13.0. The van der Waals surface area contributed by atoms with E-state index in [4.69, 9.17) is 4.74 Å². The molecule has 3 saturated carbocycles. The average Bonchev–Trinajstić information content (AvgIpc) is 3.11. The largest absolute Gasteiger partial charge is 0.377 e. The summed E-state index contributed by atoms with van der Waals surface area (Å²) < 4.78 is 6.26. The van der Waals surface area contributed by atoms with Crippen LogP contribution < -0.4 is 0 Å². The molecule has 2 heteroatoms. The lowest BCUT2D eigenvalue weighted by molar-refractivity contribution is -0.0629. The standard InChI is InChI=1S/C30H52OS/c1-21(2)8-7-9-22(3)26-12-13-27-25-11-10-23-20-24(31-18-19-32-6)14-16-29(23,4)28(25)15-17-30(26,27)5/h10,21-22,24-28H,7-9,11-20H2,1-6H3/t22?,24-,25-,26+,27?,28?,29-,30+/m0/s1. The van der Waals surface area contributed by atoms with E-state index in [0.717, 1.165) is 47.9 Å². The summed E-state index contributed by atoms with van der Waals surface area (Å²) in [5, 5.41) is 0. The third kappa shape index (κ3) is 4.75. The molecule has 4 rings (SSSR count). The number of hydrogen-bond acceptors (Lipinski definition) is 2. The second-order valence-corrected chi connectivity index (χ2v) is 14.0. The maximum absolute atomic E-state index is 6.26. The highest BCUT2D eigenvalue weighted by Crippen LogP contribution is 2.67. The Morgan fingerprint density at radius 2 is 1.84 bits per heavy atom. The minimum Gasteiger partial charge on any atom is -0.377 e. The van der Waals surface area contributed by atoms with Gasteiger partial charge >= 0.3 is 0 Å². The van der Waals surface area contributed by atoms with E-state index in [2.05, 4.69) is 47.0 Å². The Kier molecular flexibility index (Phi) is 8.13. The molecule has 3 fully saturated rings. The highest BCUT2D eigenvalue weighted by Gasteiger charge is 2.59. The monoisotopic (exact) mass is 460 g/mol. The first-order valence-corrected chi connectivity index (χ1v) is 15.5. The zero-order valence-electron chi connectivity index (χ0n) is 22.1. The third-order valence-electron chi connectivity index (χ3n) is 10.9. The molecular weight excluding hydrogens is 408 g/mol. The van der Waals surface area contributed by atoms with Crippen LogP contribution in [0.25, 0.3) is 0 Å². The van der Waals surface area contributed by atoms with Crippen LogP contribution in [0, 0.1) is 46.3 Å². The van der Waals surface area contributed by atoms with Crippen molar-refractivity contribution in [2.45, 2.75) is 111 Å². The molecule has 1 nitrogen and oxygen atoms in total. The van der Waals surface area contributed by atoms with Crippen LogP contribution in [0.4, 0.5) is 0 Å². The molecule has 4 aliphatic rings. The maximum atomic E-state index is 6.26. The van der Waals surface area contributed by atoms with Crippen molar-refractivity contribution in [3.63, 3.8) is 0 Å². The molecule has 3 unspecified atom stereocenters. The molecule has 0 N–H and O–H groups in total. The Balaban J connectivity index is 1.42. The van der Waals surface area contributed by atoms with Crippen molar-refractivity contribution in [2.24, 2.45) is 46.3 Å². The van der Waals surface area contributed by atoms with Gasteiger partial charge in [-0.25, -0.2) is 0 Å². The van der Waals surface area contributed by atoms with E-state index in [0.29, 0.717) is 16.9 Å². The van der Waals surface area contributed by atoms with Crippen LogP contribution in [0.5, 0.6) is 0 Å². The van der Waals surface area contributed by atoms with Crippen molar-refractivity contribution in [1.29, 1.82) is 0 Å². The Morgan fingerprint density at radius 3 is 2.59 bits per heavy atom. The minimum absolute atomic E-state index is 0.463. The summed E-state index contributed by atoms with van der Waals surface area (Å²) in [5.74, 6) is 6.74. The van der Waals surface area contributed by atoms with Gasteiger partial charge in [0.05, 0.1) is 12.7 Å². The number of rotatable bonds is 9. The predicted octanol–water partition coefficient (Wildman–Crippen LogP) is 8.78. The van der Waals surface area contributed by atoms with Gasteiger partial charge in [0.2, 0.25) is 0 Å². The third-order valence-corrected chi connectivity index (χ3v) is 11.5. The van der Waals surface area contributed by atoms with E-state index >= 15 is 0 Å². The fourth-order valence-corrected chi connectivity index (χ4v) is 9.36.